The molecule has 146 valence electrons. The van der Waals surface area contributed by atoms with Crippen molar-refractivity contribution in [2.75, 3.05) is 0 Å². The largest absolute Gasteiger partial charge is 0.491 e. The van der Waals surface area contributed by atoms with Crippen LogP contribution < -0.4 is 4.74 Å². The molecular weight excluding hydrogens is 391 g/mol. The van der Waals surface area contributed by atoms with Crippen molar-refractivity contribution >= 4 is 33.7 Å². The topological polar surface area (TPSA) is 105 Å². The van der Waals surface area contributed by atoms with Crippen molar-refractivity contribution in [3.8, 4) is 17.3 Å². The van der Waals surface area contributed by atoms with Crippen LogP contribution in [-0.2, 0) is 4.79 Å². The SMILES string of the molecule is O=C(O)c1cc(OC(=O)C(F)(F)F)c2c(ccc3[nH]c(-c4ccccn4)nc32)c1. The molecule has 2 N–H and O–H groups in total. The Kier molecular flexibility index (Phi) is 4.18. The molecule has 0 radical (unpaired) electrons. The molecule has 0 fully saturated rings. The van der Waals surface area contributed by atoms with E-state index >= 15 is 0 Å². The number of pyridine rings is 1. The lowest BCUT2D eigenvalue weighted by atomic mass is 10.0. The molecule has 7 nitrogen and oxygen atoms in total. The van der Waals surface area contributed by atoms with Gasteiger partial charge in [0.05, 0.1) is 16.5 Å². The molecule has 10 heteroatoms. The molecule has 0 unspecified atom stereocenters. The van der Waals surface area contributed by atoms with Gasteiger partial charge in [0.15, 0.2) is 5.82 Å². The van der Waals surface area contributed by atoms with Crippen LogP contribution in [0.5, 0.6) is 5.75 Å². The van der Waals surface area contributed by atoms with E-state index in [4.69, 9.17) is 0 Å². The van der Waals surface area contributed by atoms with E-state index in [1.165, 1.54) is 12.1 Å². The van der Waals surface area contributed by atoms with Crippen molar-refractivity contribution in [1.82, 2.24) is 15.0 Å². The summed E-state index contributed by atoms with van der Waals surface area (Å²) in [6.45, 7) is 0. The zero-order valence-corrected chi connectivity index (χ0v) is 14.3. The van der Waals surface area contributed by atoms with Gasteiger partial charge in [0.25, 0.3) is 0 Å². The molecule has 2 aromatic heterocycles. The molecule has 0 saturated carbocycles. The second-order valence-electron chi connectivity index (χ2n) is 6.03. The lowest BCUT2D eigenvalue weighted by molar-refractivity contribution is -0.189. The number of hydrogen-bond acceptors (Lipinski definition) is 5. The maximum absolute atomic E-state index is 12.7. The van der Waals surface area contributed by atoms with Gasteiger partial charge in [-0.15, -0.1) is 0 Å². The molecule has 4 aromatic rings. The normalized spacial score (nSPS) is 11.7. The number of rotatable bonds is 3. The Balaban J connectivity index is 1.98. The van der Waals surface area contributed by atoms with Crippen LogP contribution in [-0.4, -0.2) is 38.2 Å². The Morgan fingerprint density at radius 3 is 2.55 bits per heavy atom. The van der Waals surface area contributed by atoms with Crippen LogP contribution in [0.15, 0.2) is 48.7 Å². The average Bonchev–Trinajstić information content (AvgIpc) is 3.12. The van der Waals surface area contributed by atoms with Crippen molar-refractivity contribution in [2.24, 2.45) is 0 Å². The number of esters is 1. The molecule has 29 heavy (non-hydrogen) atoms. The number of nitrogens with one attached hydrogen (secondary N) is 1. The number of aromatic nitrogens is 3. The van der Waals surface area contributed by atoms with Crippen LogP contribution in [0.4, 0.5) is 13.2 Å². The van der Waals surface area contributed by atoms with Crippen molar-refractivity contribution in [3.05, 3.63) is 54.2 Å². The Morgan fingerprint density at radius 1 is 1.10 bits per heavy atom. The molecule has 0 saturated heterocycles. The summed E-state index contributed by atoms with van der Waals surface area (Å²) in [5, 5.41) is 9.56. The summed E-state index contributed by atoms with van der Waals surface area (Å²) >= 11 is 0. The molecule has 4 rings (SSSR count). The number of nitrogens with zero attached hydrogens (tertiary/aromatic N) is 2. The number of alkyl halides is 3. The first-order valence-corrected chi connectivity index (χ1v) is 8.14. The number of aromatic carboxylic acids is 1. The summed E-state index contributed by atoms with van der Waals surface area (Å²) in [4.78, 5) is 34.3. The van der Waals surface area contributed by atoms with E-state index in [1.807, 2.05) is 0 Å². The summed E-state index contributed by atoms with van der Waals surface area (Å²) < 4.78 is 42.6. The third-order valence-electron chi connectivity index (χ3n) is 4.12. The van der Waals surface area contributed by atoms with Crippen LogP contribution in [0.1, 0.15) is 10.4 Å². The number of halogens is 3. The van der Waals surface area contributed by atoms with Gasteiger partial charge in [-0.1, -0.05) is 12.1 Å². The lowest BCUT2D eigenvalue weighted by Crippen LogP contribution is -2.28. The quantitative estimate of drug-likeness (QED) is 0.398. The first-order chi connectivity index (χ1) is 13.7. The van der Waals surface area contributed by atoms with E-state index in [0.29, 0.717) is 17.0 Å². The number of carbonyl (C=O) groups is 2. The summed E-state index contributed by atoms with van der Waals surface area (Å²) in [5.41, 5.74) is 0.825. The lowest BCUT2D eigenvalue weighted by Gasteiger charge is -2.11. The number of carboxylic acid groups (broad SMARTS) is 1. The number of carboxylic acids is 1. The Morgan fingerprint density at radius 2 is 1.90 bits per heavy atom. The summed E-state index contributed by atoms with van der Waals surface area (Å²) in [7, 11) is 0. The smallest absolute Gasteiger partial charge is 0.478 e. The molecular formula is C19H10F3N3O4. The number of hydrogen-bond donors (Lipinski definition) is 2. The Labute approximate surface area is 159 Å². The Hall–Kier alpha value is -3.95. The number of H-pyrrole nitrogens is 1. The molecule has 0 bridgehead atoms. The van der Waals surface area contributed by atoms with Crippen molar-refractivity contribution in [1.29, 1.82) is 0 Å². The van der Waals surface area contributed by atoms with Crippen LogP contribution in [0.2, 0.25) is 0 Å². The first-order valence-electron chi connectivity index (χ1n) is 8.14. The van der Waals surface area contributed by atoms with E-state index in [0.717, 1.165) is 6.07 Å². The fourth-order valence-corrected chi connectivity index (χ4v) is 2.88. The van der Waals surface area contributed by atoms with Gasteiger partial charge >= 0.3 is 18.1 Å². The fourth-order valence-electron chi connectivity index (χ4n) is 2.88. The van der Waals surface area contributed by atoms with Gasteiger partial charge in [-0.05, 0) is 35.7 Å². The molecule has 0 aliphatic carbocycles. The zero-order chi connectivity index (χ0) is 20.8. The van der Waals surface area contributed by atoms with Gasteiger partial charge < -0.3 is 14.8 Å². The highest BCUT2D eigenvalue weighted by Gasteiger charge is 2.41. The third kappa shape index (κ3) is 3.35. The third-order valence-corrected chi connectivity index (χ3v) is 4.12. The van der Waals surface area contributed by atoms with Gasteiger partial charge in [-0.25, -0.2) is 14.6 Å². The predicted molar refractivity (Wildman–Crippen MR) is 95.5 cm³/mol. The van der Waals surface area contributed by atoms with Crippen molar-refractivity contribution in [3.63, 3.8) is 0 Å². The number of benzene rings is 2. The highest BCUT2D eigenvalue weighted by Crippen LogP contribution is 2.35. The van der Waals surface area contributed by atoms with E-state index in [1.54, 1.807) is 30.5 Å². The number of aromatic amines is 1. The Bertz CT molecular complexity index is 1270. The fraction of sp³-hybridized carbons (Fsp3) is 0.0526. The average molecular weight is 401 g/mol. The molecule has 0 amide bonds. The summed E-state index contributed by atoms with van der Waals surface area (Å²) in [6.07, 6.45) is -3.69. The van der Waals surface area contributed by atoms with Gasteiger partial charge in [0, 0.05) is 6.20 Å². The highest BCUT2D eigenvalue weighted by atomic mass is 19.4. The highest BCUT2D eigenvalue weighted by molar-refractivity contribution is 6.11. The van der Waals surface area contributed by atoms with Gasteiger partial charge in [0.2, 0.25) is 0 Å². The summed E-state index contributed by atoms with van der Waals surface area (Å²) in [5.74, 6) is -4.04. The molecule has 2 heterocycles. The molecule has 0 aliphatic heterocycles. The van der Waals surface area contributed by atoms with E-state index in [9.17, 15) is 27.9 Å². The summed E-state index contributed by atoms with van der Waals surface area (Å²) in [6, 6.07) is 10.4. The van der Waals surface area contributed by atoms with Gasteiger partial charge in [0.1, 0.15) is 17.0 Å². The standard InChI is InChI=1S/C19H10F3N3O4/c20-19(21,22)18(28)29-13-8-10(17(26)27)7-9-4-5-11-15(14(9)13)25-16(24-11)12-3-1-2-6-23-12/h1-8H,(H,24,25)(H,26,27). The van der Waals surface area contributed by atoms with E-state index in [-0.39, 0.29) is 21.9 Å². The monoisotopic (exact) mass is 401 g/mol. The second-order valence-corrected chi connectivity index (χ2v) is 6.03. The van der Waals surface area contributed by atoms with Crippen LogP contribution in [0.25, 0.3) is 33.3 Å². The molecule has 0 spiro atoms. The second kappa shape index (κ2) is 6.59. The van der Waals surface area contributed by atoms with Gasteiger partial charge in [-0.2, -0.15) is 13.2 Å². The minimum atomic E-state index is -5.25. The molecule has 2 aromatic carbocycles. The number of fused-ring (bicyclic) bond motifs is 3. The maximum Gasteiger partial charge on any atom is 0.491 e. The number of ether oxygens (including phenoxy) is 1. The van der Waals surface area contributed by atoms with Crippen molar-refractivity contribution < 1.29 is 32.6 Å². The number of imidazole rings is 1. The molecule has 0 atom stereocenters. The molecule has 0 aliphatic rings. The zero-order valence-electron chi connectivity index (χ0n) is 14.3. The van der Waals surface area contributed by atoms with Crippen LogP contribution in [0, 0.1) is 0 Å². The first kappa shape index (κ1) is 18.4. The van der Waals surface area contributed by atoms with E-state index < -0.39 is 23.9 Å². The van der Waals surface area contributed by atoms with Gasteiger partial charge in [-0.3, -0.25) is 4.98 Å². The van der Waals surface area contributed by atoms with E-state index in [2.05, 4.69) is 19.7 Å². The minimum Gasteiger partial charge on any atom is -0.478 e. The number of carbonyl (C=O) groups excluding carboxylic acids is 1. The predicted octanol–water partition coefficient (Wildman–Crippen LogP) is 3.94. The minimum absolute atomic E-state index is 0.0727. The van der Waals surface area contributed by atoms with Crippen LogP contribution >= 0.6 is 0 Å². The van der Waals surface area contributed by atoms with Crippen molar-refractivity contribution in [2.45, 2.75) is 6.18 Å². The maximum atomic E-state index is 12.7. The van der Waals surface area contributed by atoms with Crippen LogP contribution in [0.3, 0.4) is 0 Å².